The van der Waals surface area contributed by atoms with Gasteiger partial charge in [-0.3, -0.25) is 9.89 Å². The lowest BCUT2D eigenvalue weighted by molar-refractivity contribution is -0.151. The molecule has 0 aromatic heterocycles. The number of hydrogen-bond donors (Lipinski definition) is 0. The van der Waals surface area contributed by atoms with Crippen molar-refractivity contribution >= 4 is 12.2 Å². The molecule has 0 aromatic carbocycles. The fourth-order valence-electron chi connectivity index (χ4n) is 5.32. The van der Waals surface area contributed by atoms with Gasteiger partial charge in [-0.2, -0.15) is 0 Å². The lowest BCUT2D eigenvalue weighted by Gasteiger charge is -2.33. The van der Waals surface area contributed by atoms with Gasteiger partial charge in [-0.05, 0) is 18.9 Å². The molecule has 1 spiro atoms. The average molecular weight is 394 g/mol. The molecule has 4 atom stereocenters. The van der Waals surface area contributed by atoms with Crippen LogP contribution >= 0.6 is 0 Å². The van der Waals surface area contributed by atoms with Gasteiger partial charge in [-0.1, -0.05) is 30.6 Å². The maximum atomic E-state index is 12.3. The molecule has 0 radical (unpaired) electrons. The van der Waals surface area contributed by atoms with E-state index in [-0.39, 0.29) is 30.4 Å². The summed E-state index contributed by atoms with van der Waals surface area (Å²) in [4.78, 5) is 18.8. The Morgan fingerprint density at radius 1 is 1.45 bits per heavy atom. The average Bonchev–Trinajstić information content (AvgIpc) is 3.35. The van der Waals surface area contributed by atoms with E-state index in [1.807, 2.05) is 6.08 Å². The number of methoxy groups -OCH3 is 2. The minimum absolute atomic E-state index is 0.110. The van der Waals surface area contributed by atoms with Crippen LogP contribution in [0.5, 0.6) is 0 Å². The molecule has 3 heterocycles. The molecule has 4 unspecified atom stereocenters. The quantitative estimate of drug-likeness (QED) is 0.235. The second-order valence-corrected chi connectivity index (χ2v) is 7.66. The maximum Gasteiger partial charge on any atom is 0.332 e. The molecule has 152 valence electrons. The summed E-state index contributed by atoms with van der Waals surface area (Å²) in [5.41, 5.74) is 1.89. The van der Waals surface area contributed by atoms with Gasteiger partial charge in [-0.15, -0.1) is 0 Å². The van der Waals surface area contributed by atoms with Gasteiger partial charge < -0.3 is 14.2 Å². The van der Waals surface area contributed by atoms with Gasteiger partial charge in [0.05, 0.1) is 12.1 Å². The summed E-state index contributed by atoms with van der Waals surface area (Å²) in [7, 11) is 5.03. The Bertz CT molecular complexity index is 900. The van der Waals surface area contributed by atoms with Crippen molar-refractivity contribution in [2.75, 3.05) is 21.3 Å². The molecule has 4 rings (SSSR count). The Balaban J connectivity index is 1.74. The zero-order valence-corrected chi connectivity index (χ0v) is 17.1. The van der Waals surface area contributed by atoms with Gasteiger partial charge in [0.25, 0.3) is 0 Å². The van der Waals surface area contributed by atoms with Gasteiger partial charge >= 0.3 is 5.97 Å². The van der Waals surface area contributed by atoms with E-state index in [9.17, 15) is 4.79 Å². The first kappa shape index (κ1) is 19.8. The Morgan fingerprint density at radius 2 is 2.24 bits per heavy atom. The number of ether oxygens (including phenoxy) is 3. The number of esters is 1. The molecule has 29 heavy (non-hydrogen) atoms. The van der Waals surface area contributed by atoms with Crippen molar-refractivity contribution in [2.45, 2.75) is 49.3 Å². The van der Waals surface area contributed by atoms with Gasteiger partial charge in [0.1, 0.15) is 0 Å². The van der Waals surface area contributed by atoms with Crippen LogP contribution in [0, 0.1) is 11.8 Å². The van der Waals surface area contributed by atoms with Crippen LogP contribution in [0.2, 0.25) is 0 Å². The van der Waals surface area contributed by atoms with E-state index in [0.29, 0.717) is 0 Å². The number of hydrogen-bond acceptors (Lipinski definition) is 6. The minimum Gasteiger partial charge on any atom is -0.449 e. The standard InChI is InChI=1S/C23H26N2O4/c1-5-6-15(14-24-2)7-8-16-11-17-13-23(18(16)12-21(26)29-23)20-10-9-19(25(17)20)22(27-3)28-4/h5-6,11-12,14,17,19-20,22H,1,9-10,13H2,2-4H3/b15-6-,24-14?. The molecule has 2 fully saturated rings. The summed E-state index contributed by atoms with van der Waals surface area (Å²) in [6.45, 7) is 3.73. The van der Waals surface area contributed by atoms with Crippen molar-refractivity contribution in [1.82, 2.24) is 4.90 Å². The topological polar surface area (TPSA) is 60.4 Å². The fraction of sp³-hybridized carbons (Fsp3) is 0.478. The Labute approximate surface area is 171 Å². The minimum atomic E-state index is -0.623. The molecule has 6 nitrogen and oxygen atoms in total. The van der Waals surface area contributed by atoms with E-state index in [4.69, 9.17) is 14.2 Å². The van der Waals surface area contributed by atoms with Crippen LogP contribution < -0.4 is 0 Å². The predicted molar refractivity (Wildman–Crippen MR) is 110 cm³/mol. The molecule has 2 bridgehead atoms. The summed E-state index contributed by atoms with van der Waals surface area (Å²) in [6, 6.07) is 0.352. The molecular formula is C23H26N2O4. The first-order valence-corrected chi connectivity index (χ1v) is 9.85. The second-order valence-electron chi connectivity index (χ2n) is 7.66. The number of carbonyl (C=O) groups is 1. The van der Waals surface area contributed by atoms with Crippen LogP contribution in [0.25, 0.3) is 0 Å². The molecule has 4 aliphatic rings. The highest BCUT2D eigenvalue weighted by molar-refractivity contribution is 5.90. The summed E-state index contributed by atoms with van der Waals surface area (Å²) < 4.78 is 17.1. The zero-order chi connectivity index (χ0) is 20.6. The highest BCUT2D eigenvalue weighted by Gasteiger charge is 2.65. The number of carbonyl (C=O) groups excluding carboxylic acids is 1. The van der Waals surface area contributed by atoms with E-state index in [1.165, 1.54) is 0 Å². The van der Waals surface area contributed by atoms with E-state index in [0.717, 1.165) is 36.0 Å². The Hall–Kier alpha value is -2.46. The normalized spacial score (nSPS) is 33.2. The molecule has 0 amide bonds. The predicted octanol–water partition coefficient (Wildman–Crippen LogP) is 2.19. The van der Waals surface area contributed by atoms with Gasteiger partial charge in [-0.25, -0.2) is 4.79 Å². The van der Waals surface area contributed by atoms with Crippen molar-refractivity contribution in [2.24, 2.45) is 4.99 Å². The first-order chi connectivity index (χ1) is 14.1. The van der Waals surface area contributed by atoms with Crippen LogP contribution in [-0.4, -0.2) is 68.4 Å². The summed E-state index contributed by atoms with van der Waals surface area (Å²) in [6.07, 6.45) is 11.3. The lowest BCUT2D eigenvalue weighted by atomic mass is 9.77. The summed E-state index contributed by atoms with van der Waals surface area (Å²) in [5, 5.41) is 0. The largest absolute Gasteiger partial charge is 0.449 e. The van der Waals surface area contributed by atoms with E-state index in [1.54, 1.807) is 39.6 Å². The second kappa shape index (κ2) is 7.75. The smallest absolute Gasteiger partial charge is 0.332 e. The molecule has 6 heteroatoms. The number of aliphatic imine (C=N–C) groups is 1. The Morgan fingerprint density at radius 3 is 2.93 bits per heavy atom. The molecule has 0 N–H and O–H groups in total. The van der Waals surface area contributed by atoms with Crippen molar-refractivity contribution in [1.29, 1.82) is 0 Å². The SMILES string of the molecule is C=C/C=C(/C#CC1=CC2CC3(OC(=O)C=C13)C1CCC(C(OC)OC)N21)C=NC. The van der Waals surface area contributed by atoms with Crippen molar-refractivity contribution in [3.05, 3.63) is 47.6 Å². The summed E-state index contributed by atoms with van der Waals surface area (Å²) in [5.74, 6) is 6.12. The third-order valence-electron chi connectivity index (χ3n) is 6.25. The fourth-order valence-corrected chi connectivity index (χ4v) is 5.32. The Kier molecular flexibility index (Phi) is 5.30. The number of nitrogens with zero attached hydrogens (tertiary/aromatic N) is 2. The van der Waals surface area contributed by atoms with E-state index >= 15 is 0 Å². The maximum absolute atomic E-state index is 12.3. The molecule has 1 aliphatic carbocycles. The van der Waals surface area contributed by atoms with Crippen LogP contribution in [0.3, 0.4) is 0 Å². The highest BCUT2D eigenvalue weighted by atomic mass is 16.7. The van der Waals surface area contributed by atoms with Crippen LogP contribution in [-0.2, 0) is 19.0 Å². The van der Waals surface area contributed by atoms with Gasteiger partial charge in [0, 0.05) is 62.7 Å². The molecular weight excluding hydrogens is 368 g/mol. The molecule has 0 saturated carbocycles. The van der Waals surface area contributed by atoms with E-state index < -0.39 is 5.60 Å². The van der Waals surface area contributed by atoms with Crippen molar-refractivity contribution < 1.29 is 19.0 Å². The monoisotopic (exact) mass is 394 g/mol. The molecule has 2 saturated heterocycles. The zero-order valence-electron chi connectivity index (χ0n) is 17.1. The van der Waals surface area contributed by atoms with Crippen LogP contribution in [0.1, 0.15) is 19.3 Å². The third-order valence-corrected chi connectivity index (χ3v) is 6.25. The van der Waals surface area contributed by atoms with Gasteiger partial charge in [0.2, 0.25) is 0 Å². The van der Waals surface area contributed by atoms with E-state index in [2.05, 4.69) is 34.4 Å². The first-order valence-electron chi connectivity index (χ1n) is 9.85. The molecule has 0 aromatic rings. The number of rotatable bonds is 5. The third kappa shape index (κ3) is 3.10. The van der Waals surface area contributed by atoms with Crippen LogP contribution in [0.4, 0.5) is 0 Å². The van der Waals surface area contributed by atoms with Crippen LogP contribution in [0.15, 0.2) is 52.6 Å². The highest BCUT2D eigenvalue weighted by Crippen LogP contribution is 2.56. The molecule has 3 aliphatic heterocycles. The number of allylic oxidation sites excluding steroid dienone is 3. The van der Waals surface area contributed by atoms with Crippen molar-refractivity contribution in [3.63, 3.8) is 0 Å². The van der Waals surface area contributed by atoms with Gasteiger partial charge in [0.15, 0.2) is 11.9 Å². The summed E-state index contributed by atoms with van der Waals surface area (Å²) >= 11 is 0. The lowest BCUT2D eigenvalue weighted by Crippen LogP contribution is -2.48. The van der Waals surface area contributed by atoms with Crippen molar-refractivity contribution in [3.8, 4) is 11.8 Å². The number of fused-ring (bicyclic) bond motifs is 3.